The Morgan fingerprint density at radius 2 is 1.84 bits per heavy atom. The highest BCUT2D eigenvalue weighted by Crippen LogP contribution is 2.24. The molecule has 1 heterocycles. The number of rotatable bonds is 5. The topological polar surface area (TPSA) is 41.1 Å². The van der Waals surface area contributed by atoms with Gasteiger partial charge in [-0.25, -0.2) is 4.98 Å². The second-order valence-electron chi connectivity index (χ2n) is 4.30. The van der Waals surface area contributed by atoms with Gasteiger partial charge in [-0.15, -0.1) is 0 Å². The third-order valence-corrected chi connectivity index (χ3v) is 2.84. The van der Waals surface area contributed by atoms with Gasteiger partial charge in [0.15, 0.2) is 0 Å². The summed E-state index contributed by atoms with van der Waals surface area (Å²) in [5.41, 5.74) is 2.11. The lowest BCUT2D eigenvalue weighted by molar-refractivity contribution is 0.960. The molecule has 0 amide bonds. The van der Waals surface area contributed by atoms with Crippen molar-refractivity contribution >= 4 is 17.5 Å². The zero-order valence-corrected chi connectivity index (χ0v) is 11.7. The number of para-hydroxylation sites is 1. The van der Waals surface area contributed by atoms with Crippen molar-refractivity contribution in [1.82, 2.24) is 9.97 Å². The summed E-state index contributed by atoms with van der Waals surface area (Å²) in [5, 5.41) is 3.17. The van der Waals surface area contributed by atoms with Crippen molar-refractivity contribution in [3.8, 4) is 0 Å². The van der Waals surface area contributed by atoms with Gasteiger partial charge < -0.3 is 10.2 Å². The molecule has 4 heteroatoms. The molecule has 0 saturated carbocycles. The number of aromatic nitrogens is 2. The highest BCUT2D eigenvalue weighted by atomic mass is 15.2. The Morgan fingerprint density at radius 3 is 2.47 bits per heavy atom. The van der Waals surface area contributed by atoms with Crippen LogP contribution < -0.4 is 10.2 Å². The van der Waals surface area contributed by atoms with E-state index >= 15 is 0 Å². The summed E-state index contributed by atoms with van der Waals surface area (Å²) < 4.78 is 0. The summed E-state index contributed by atoms with van der Waals surface area (Å²) in [6.45, 7) is 7.84. The van der Waals surface area contributed by atoms with Gasteiger partial charge in [0, 0.05) is 30.5 Å². The van der Waals surface area contributed by atoms with Crippen molar-refractivity contribution in [3.63, 3.8) is 0 Å². The standard InChI is InChI=1S/C15H20N4/c1-4-16-15-17-12(3)11-14(18-15)19(5-2)13-9-7-6-8-10-13/h6-11H,4-5H2,1-3H3,(H,16,17,18). The summed E-state index contributed by atoms with van der Waals surface area (Å²) in [5.74, 6) is 1.61. The van der Waals surface area contributed by atoms with Gasteiger partial charge in [-0.05, 0) is 32.9 Å². The Bertz CT molecular complexity index is 525. The van der Waals surface area contributed by atoms with Gasteiger partial charge in [0.2, 0.25) is 5.95 Å². The largest absolute Gasteiger partial charge is 0.354 e. The lowest BCUT2D eigenvalue weighted by atomic mass is 10.2. The van der Waals surface area contributed by atoms with Crippen LogP contribution in [0.4, 0.5) is 17.5 Å². The fraction of sp³-hybridized carbons (Fsp3) is 0.333. The molecular formula is C15H20N4. The SMILES string of the molecule is CCNc1nc(C)cc(N(CC)c2ccccc2)n1. The van der Waals surface area contributed by atoms with E-state index < -0.39 is 0 Å². The number of aryl methyl sites for hydroxylation is 1. The molecule has 2 aromatic rings. The van der Waals surface area contributed by atoms with Gasteiger partial charge >= 0.3 is 0 Å². The maximum atomic E-state index is 4.57. The van der Waals surface area contributed by atoms with Crippen LogP contribution in [0.1, 0.15) is 19.5 Å². The van der Waals surface area contributed by atoms with Crippen molar-refractivity contribution in [2.45, 2.75) is 20.8 Å². The minimum absolute atomic E-state index is 0.687. The van der Waals surface area contributed by atoms with Crippen molar-refractivity contribution in [2.24, 2.45) is 0 Å². The molecule has 19 heavy (non-hydrogen) atoms. The van der Waals surface area contributed by atoms with Gasteiger partial charge in [0.1, 0.15) is 5.82 Å². The maximum absolute atomic E-state index is 4.57. The van der Waals surface area contributed by atoms with E-state index in [-0.39, 0.29) is 0 Å². The van der Waals surface area contributed by atoms with E-state index in [0.717, 1.165) is 30.3 Å². The van der Waals surface area contributed by atoms with Crippen molar-refractivity contribution in [3.05, 3.63) is 42.1 Å². The molecule has 0 aliphatic rings. The molecule has 0 aliphatic carbocycles. The lowest BCUT2D eigenvalue weighted by Gasteiger charge is -2.22. The molecule has 2 rings (SSSR count). The van der Waals surface area contributed by atoms with E-state index in [4.69, 9.17) is 0 Å². The molecule has 4 nitrogen and oxygen atoms in total. The molecule has 0 unspecified atom stereocenters. The van der Waals surface area contributed by atoms with Gasteiger partial charge in [0.05, 0.1) is 0 Å². The second kappa shape index (κ2) is 6.18. The first-order chi connectivity index (χ1) is 9.24. The summed E-state index contributed by atoms with van der Waals surface area (Å²) in [6, 6.07) is 12.3. The molecule has 1 N–H and O–H groups in total. The molecule has 1 aromatic carbocycles. The number of benzene rings is 1. The van der Waals surface area contributed by atoms with Crippen LogP contribution in [-0.4, -0.2) is 23.1 Å². The van der Waals surface area contributed by atoms with Crippen LogP contribution in [0.3, 0.4) is 0 Å². The van der Waals surface area contributed by atoms with Crippen molar-refractivity contribution < 1.29 is 0 Å². The first-order valence-corrected chi connectivity index (χ1v) is 6.66. The Labute approximate surface area is 114 Å². The molecule has 0 atom stereocenters. The first kappa shape index (κ1) is 13.3. The van der Waals surface area contributed by atoms with Crippen LogP contribution in [-0.2, 0) is 0 Å². The van der Waals surface area contributed by atoms with Crippen molar-refractivity contribution in [1.29, 1.82) is 0 Å². The number of nitrogens with zero attached hydrogens (tertiary/aromatic N) is 3. The van der Waals surface area contributed by atoms with Crippen LogP contribution in [0, 0.1) is 6.92 Å². The summed E-state index contributed by atoms with van der Waals surface area (Å²) in [4.78, 5) is 11.1. The summed E-state index contributed by atoms with van der Waals surface area (Å²) in [6.07, 6.45) is 0. The molecule has 100 valence electrons. The number of nitrogens with one attached hydrogen (secondary N) is 1. The van der Waals surface area contributed by atoms with E-state index in [9.17, 15) is 0 Å². The van der Waals surface area contributed by atoms with Crippen molar-refractivity contribution in [2.75, 3.05) is 23.3 Å². The van der Waals surface area contributed by atoms with E-state index in [0.29, 0.717) is 5.95 Å². The van der Waals surface area contributed by atoms with Crippen LogP contribution in [0.25, 0.3) is 0 Å². The molecule has 0 radical (unpaired) electrons. The highest BCUT2D eigenvalue weighted by Gasteiger charge is 2.10. The van der Waals surface area contributed by atoms with Gasteiger partial charge in [-0.3, -0.25) is 0 Å². The summed E-state index contributed by atoms with van der Waals surface area (Å²) in [7, 11) is 0. The first-order valence-electron chi connectivity index (χ1n) is 6.66. The van der Waals surface area contributed by atoms with E-state index in [1.807, 2.05) is 38.1 Å². The fourth-order valence-corrected chi connectivity index (χ4v) is 2.01. The second-order valence-corrected chi connectivity index (χ2v) is 4.30. The summed E-state index contributed by atoms with van der Waals surface area (Å²) >= 11 is 0. The number of hydrogen-bond acceptors (Lipinski definition) is 4. The van der Waals surface area contributed by atoms with E-state index in [2.05, 4.69) is 39.2 Å². The minimum Gasteiger partial charge on any atom is -0.354 e. The average Bonchev–Trinajstić information content (AvgIpc) is 2.40. The van der Waals surface area contributed by atoms with E-state index in [1.54, 1.807) is 0 Å². The molecule has 0 spiro atoms. The minimum atomic E-state index is 0.687. The highest BCUT2D eigenvalue weighted by molar-refractivity contribution is 5.60. The Morgan fingerprint density at radius 1 is 1.11 bits per heavy atom. The maximum Gasteiger partial charge on any atom is 0.224 e. The Hall–Kier alpha value is -2.10. The molecule has 0 fully saturated rings. The molecule has 0 saturated heterocycles. The van der Waals surface area contributed by atoms with Crippen LogP contribution >= 0.6 is 0 Å². The smallest absolute Gasteiger partial charge is 0.224 e. The molecular weight excluding hydrogens is 236 g/mol. The molecule has 0 aliphatic heterocycles. The Balaban J connectivity index is 2.38. The molecule has 1 aromatic heterocycles. The number of anilines is 3. The zero-order valence-electron chi connectivity index (χ0n) is 11.7. The van der Waals surface area contributed by atoms with Gasteiger partial charge in [-0.1, -0.05) is 18.2 Å². The van der Waals surface area contributed by atoms with Crippen LogP contribution in [0.15, 0.2) is 36.4 Å². The number of hydrogen-bond donors (Lipinski definition) is 1. The fourth-order valence-electron chi connectivity index (χ4n) is 2.01. The van der Waals surface area contributed by atoms with Crippen LogP contribution in [0.5, 0.6) is 0 Å². The predicted octanol–water partition coefficient (Wildman–Crippen LogP) is 3.37. The third kappa shape index (κ3) is 3.22. The van der Waals surface area contributed by atoms with Gasteiger partial charge in [-0.2, -0.15) is 4.98 Å². The van der Waals surface area contributed by atoms with E-state index in [1.165, 1.54) is 0 Å². The quantitative estimate of drug-likeness (QED) is 0.890. The predicted molar refractivity (Wildman–Crippen MR) is 80.1 cm³/mol. The van der Waals surface area contributed by atoms with Gasteiger partial charge in [0.25, 0.3) is 0 Å². The lowest BCUT2D eigenvalue weighted by Crippen LogP contribution is -2.18. The Kier molecular flexibility index (Phi) is 4.34. The molecule has 0 bridgehead atoms. The average molecular weight is 256 g/mol. The monoisotopic (exact) mass is 256 g/mol. The van der Waals surface area contributed by atoms with Crippen LogP contribution in [0.2, 0.25) is 0 Å². The zero-order chi connectivity index (χ0) is 13.7. The normalized spacial score (nSPS) is 10.3. The third-order valence-electron chi connectivity index (χ3n) is 2.84.